The monoisotopic (exact) mass is 1420 g/mol. The number of carbonyl (C=O) groups is 4. The molecular formula is C80H118N4O8S5. The number of benzene rings is 2. The second kappa shape index (κ2) is 46.7. The van der Waals surface area contributed by atoms with Gasteiger partial charge in [-0.15, -0.1) is 45.3 Å². The molecule has 2 aromatic carbocycles. The fraction of sp³-hybridized carbons (Fsp3) is 0.675. The number of esters is 4. The van der Waals surface area contributed by atoms with Gasteiger partial charge in [-0.2, -0.15) is 8.75 Å². The van der Waals surface area contributed by atoms with Gasteiger partial charge in [-0.3, -0.25) is 0 Å². The van der Waals surface area contributed by atoms with Crippen molar-refractivity contribution in [2.45, 2.75) is 324 Å². The molecule has 17 heteroatoms. The number of thiophene rings is 2. The number of fused-ring (bicyclic) bond motifs is 3. The zero-order valence-corrected chi connectivity index (χ0v) is 64.4. The van der Waals surface area contributed by atoms with E-state index in [4.69, 9.17) is 37.7 Å². The van der Waals surface area contributed by atoms with E-state index in [1.54, 1.807) is 0 Å². The van der Waals surface area contributed by atoms with Crippen LogP contribution < -0.4 is 0 Å². The minimum absolute atomic E-state index is 0.154. The lowest BCUT2D eigenvalue weighted by Crippen LogP contribution is -2.11. The standard InChI is InChI=1S/C80H118N4O8S5/c1-7-11-15-19-23-27-31-33-37-41-45-49-55-91-79(87)68-60(6)94-75(81-68)61-51-52-62(70-69(61)83-97-84-70)76-82-71(80(88)92-56-50-46-42-38-34-32-28-24-20-16-12-8-2)74(96-76)65-58-64-67(78(86)90-54-48-44-40-36-30-26-22-18-14-10-4)72-63(57-59(5)93-72)66(73(64)95-65)77(85)89-53-47-43-39-35-29-25-21-17-13-9-3/h51-52,57-58H,7-50,53-56H2,1-6H3. The summed E-state index contributed by atoms with van der Waals surface area (Å²) in [5, 5.41) is 2.43. The Morgan fingerprint density at radius 2 is 0.660 bits per heavy atom. The van der Waals surface area contributed by atoms with Crippen LogP contribution in [0.3, 0.4) is 0 Å². The molecule has 0 aliphatic carbocycles. The van der Waals surface area contributed by atoms with Crippen LogP contribution in [0.4, 0.5) is 0 Å². The molecule has 7 aromatic rings. The van der Waals surface area contributed by atoms with E-state index < -0.39 is 23.9 Å². The van der Waals surface area contributed by atoms with Crippen molar-refractivity contribution >= 4 is 112 Å². The second-order valence-corrected chi connectivity index (χ2v) is 32.2. The number of hydrogen-bond donors (Lipinski definition) is 0. The Morgan fingerprint density at radius 1 is 0.351 bits per heavy atom. The lowest BCUT2D eigenvalue weighted by molar-refractivity contribution is 0.0482. The Hall–Kier alpha value is -4.68. The predicted octanol–water partition coefficient (Wildman–Crippen LogP) is 26.5. The zero-order valence-electron chi connectivity index (χ0n) is 60.3. The Labute approximate surface area is 602 Å². The number of aromatic nitrogens is 4. The summed E-state index contributed by atoms with van der Waals surface area (Å²) in [7, 11) is 0. The fourth-order valence-electron chi connectivity index (χ4n) is 13.1. The highest BCUT2D eigenvalue weighted by molar-refractivity contribution is 7.28. The number of rotatable bonds is 55. The quantitative estimate of drug-likeness (QED) is 0.0202. The van der Waals surface area contributed by atoms with Gasteiger partial charge in [-0.1, -0.05) is 285 Å². The fourth-order valence-corrected chi connectivity index (χ4v) is 18.0. The molecule has 0 unspecified atom stereocenters. The molecule has 7 rings (SSSR count). The summed E-state index contributed by atoms with van der Waals surface area (Å²) in [5.41, 5.74) is 3.92. The first-order chi connectivity index (χ1) is 47.6. The number of unbranched alkanes of at least 4 members (excludes halogenated alkanes) is 40. The number of hydrogen-bond acceptors (Lipinski definition) is 17. The van der Waals surface area contributed by atoms with Crippen molar-refractivity contribution in [2.24, 2.45) is 0 Å². The smallest absolute Gasteiger partial charge is 0.358 e. The molecule has 5 aromatic heterocycles. The molecule has 0 aliphatic heterocycles. The summed E-state index contributed by atoms with van der Waals surface area (Å²) >= 11 is 6.70. The van der Waals surface area contributed by atoms with Crippen LogP contribution in [0.25, 0.3) is 62.1 Å². The van der Waals surface area contributed by atoms with Crippen LogP contribution in [-0.4, -0.2) is 69.0 Å². The highest BCUT2D eigenvalue weighted by Crippen LogP contribution is 2.48. The highest BCUT2D eigenvalue weighted by Gasteiger charge is 2.31. The van der Waals surface area contributed by atoms with Crippen molar-refractivity contribution in [1.29, 1.82) is 0 Å². The molecule has 0 fully saturated rings. The minimum atomic E-state index is -0.539. The van der Waals surface area contributed by atoms with Crippen molar-refractivity contribution in [3.05, 3.63) is 56.5 Å². The Bertz CT molecular complexity index is 3320. The molecular weight excluding hydrogens is 1310 g/mol. The van der Waals surface area contributed by atoms with Gasteiger partial charge in [0.05, 0.1) is 63.6 Å². The molecule has 0 N–H and O–H groups in total. The van der Waals surface area contributed by atoms with Gasteiger partial charge in [0.1, 0.15) is 21.0 Å². The number of ether oxygens (including phenoxy) is 4. The minimum Gasteiger partial charge on any atom is -0.462 e. The molecule has 0 saturated heterocycles. The maximum Gasteiger partial charge on any atom is 0.358 e. The van der Waals surface area contributed by atoms with Crippen molar-refractivity contribution in [2.75, 3.05) is 26.4 Å². The summed E-state index contributed by atoms with van der Waals surface area (Å²) in [6, 6.07) is 7.83. The molecule has 5 heterocycles. The van der Waals surface area contributed by atoms with Crippen molar-refractivity contribution in [3.63, 3.8) is 0 Å². The van der Waals surface area contributed by atoms with E-state index in [1.165, 1.54) is 251 Å². The molecule has 97 heavy (non-hydrogen) atoms. The summed E-state index contributed by atoms with van der Waals surface area (Å²) in [6.07, 6.45) is 52.6. The van der Waals surface area contributed by atoms with Crippen molar-refractivity contribution in [1.82, 2.24) is 18.7 Å². The molecule has 0 atom stereocenters. The lowest BCUT2D eigenvalue weighted by Gasteiger charge is -2.11. The third-order valence-electron chi connectivity index (χ3n) is 18.8. The van der Waals surface area contributed by atoms with Gasteiger partial charge in [0, 0.05) is 36.5 Å². The third kappa shape index (κ3) is 26.3. The van der Waals surface area contributed by atoms with Gasteiger partial charge in [-0.05, 0) is 63.8 Å². The maximum atomic E-state index is 14.8. The SMILES string of the molecule is CCCCCCCCCCCCCCOC(=O)c1nc(-c2ccc(-c3nc(C(=O)OCCCCCCCCCCCCCC)c(-c4cc5c(C(=O)OCCCCCCCCCCCC)c6sc(C)cc6c(C(=O)OCCCCCCCCCCCC)c5s4)s3)c3nsnc23)sc1C. The van der Waals surface area contributed by atoms with Gasteiger partial charge in [-0.25, -0.2) is 29.1 Å². The summed E-state index contributed by atoms with van der Waals surface area (Å²) in [4.78, 5) is 70.8. The van der Waals surface area contributed by atoms with Crippen LogP contribution in [0.5, 0.6) is 0 Å². The molecule has 0 aliphatic rings. The van der Waals surface area contributed by atoms with Crippen LogP contribution in [0.2, 0.25) is 0 Å². The number of thiazole rings is 2. The van der Waals surface area contributed by atoms with Gasteiger partial charge in [0.2, 0.25) is 0 Å². The van der Waals surface area contributed by atoms with Crippen LogP contribution in [0, 0.1) is 13.8 Å². The van der Waals surface area contributed by atoms with Gasteiger partial charge < -0.3 is 18.9 Å². The molecule has 0 spiro atoms. The van der Waals surface area contributed by atoms with E-state index in [2.05, 4.69) is 27.7 Å². The third-order valence-corrected chi connectivity index (χ3v) is 23.8. The summed E-state index contributed by atoms with van der Waals surface area (Å²) in [6.45, 7) is 14.1. The highest BCUT2D eigenvalue weighted by atomic mass is 32.1. The topological polar surface area (TPSA) is 157 Å². The molecule has 0 saturated carbocycles. The molecule has 0 bridgehead atoms. The van der Waals surface area contributed by atoms with Crippen LogP contribution in [0.1, 0.15) is 362 Å². The number of aryl methyl sites for hydroxylation is 2. The van der Waals surface area contributed by atoms with Gasteiger partial charge >= 0.3 is 23.9 Å². The largest absolute Gasteiger partial charge is 0.462 e. The van der Waals surface area contributed by atoms with E-state index >= 15 is 0 Å². The average molecular weight is 1420 g/mol. The van der Waals surface area contributed by atoms with E-state index in [-0.39, 0.29) is 12.3 Å². The van der Waals surface area contributed by atoms with E-state index in [1.807, 2.05) is 38.1 Å². The molecule has 0 amide bonds. The van der Waals surface area contributed by atoms with Crippen molar-refractivity contribution in [3.8, 4) is 30.9 Å². The Balaban J connectivity index is 1.14. The first-order valence-electron chi connectivity index (χ1n) is 38.5. The first-order valence-corrected chi connectivity index (χ1v) is 42.5. The number of nitrogens with zero attached hydrogens (tertiary/aromatic N) is 4. The number of carbonyl (C=O) groups excluding carboxylic acids is 4. The second-order valence-electron chi connectivity index (χ2n) is 27.1. The van der Waals surface area contributed by atoms with Crippen molar-refractivity contribution < 1.29 is 38.1 Å². The summed E-state index contributed by atoms with van der Waals surface area (Å²) < 4.78 is 35.3. The van der Waals surface area contributed by atoms with Crippen LogP contribution in [-0.2, 0) is 18.9 Å². The Morgan fingerprint density at radius 3 is 1.04 bits per heavy atom. The molecule has 0 radical (unpaired) electrons. The predicted molar refractivity (Wildman–Crippen MR) is 412 cm³/mol. The zero-order chi connectivity index (χ0) is 68.7. The van der Waals surface area contributed by atoms with Crippen LogP contribution in [0.15, 0.2) is 24.3 Å². The van der Waals surface area contributed by atoms with Gasteiger partial charge in [0.15, 0.2) is 11.4 Å². The molecule has 536 valence electrons. The first kappa shape index (κ1) is 79.6. The van der Waals surface area contributed by atoms with E-state index in [0.717, 1.165) is 104 Å². The average Bonchev–Trinajstić information content (AvgIpc) is 1.59. The van der Waals surface area contributed by atoms with E-state index in [0.29, 0.717) is 93.2 Å². The van der Waals surface area contributed by atoms with Crippen LogP contribution >= 0.6 is 57.1 Å². The molecule has 12 nitrogen and oxygen atoms in total. The summed E-state index contributed by atoms with van der Waals surface area (Å²) in [5.74, 6) is -1.81. The lowest BCUT2D eigenvalue weighted by atomic mass is 10.0. The normalized spacial score (nSPS) is 11.7. The van der Waals surface area contributed by atoms with E-state index in [9.17, 15) is 19.2 Å². The Kier molecular flexibility index (Phi) is 38.3. The maximum absolute atomic E-state index is 14.8. The van der Waals surface area contributed by atoms with Gasteiger partial charge in [0.25, 0.3) is 0 Å².